The van der Waals surface area contributed by atoms with E-state index in [-0.39, 0.29) is 18.0 Å². The Bertz CT molecular complexity index is 895. The second-order valence-corrected chi connectivity index (χ2v) is 7.57. The minimum atomic E-state index is -1.67. The van der Waals surface area contributed by atoms with E-state index in [1.54, 1.807) is 45.0 Å². The number of aliphatic hydroxyl groups is 1. The summed E-state index contributed by atoms with van der Waals surface area (Å²) in [4.78, 5) is 39.2. The summed E-state index contributed by atoms with van der Waals surface area (Å²) in [5.74, 6) is -1.31. The van der Waals surface area contributed by atoms with E-state index in [4.69, 9.17) is 9.47 Å². The number of aliphatic carboxylic acids is 1. The lowest BCUT2D eigenvalue weighted by Gasteiger charge is -2.21. The molecule has 2 rings (SSSR count). The van der Waals surface area contributed by atoms with E-state index in [9.17, 15) is 24.6 Å². The third-order valence-electron chi connectivity index (χ3n) is 3.82. The summed E-state index contributed by atoms with van der Waals surface area (Å²) in [5, 5.41) is 24.4. The highest BCUT2D eigenvalue weighted by molar-refractivity contribution is 5.83. The molecule has 10 nitrogen and oxygen atoms in total. The number of ether oxygens (including phenoxy) is 2. The number of anilines is 1. The van der Waals surface area contributed by atoms with Crippen LogP contribution in [0.25, 0.3) is 0 Å². The van der Waals surface area contributed by atoms with Gasteiger partial charge in [0.15, 0.2) is 6.04 Å². The summed E-state index contributed by atoms with van der Waals surface area (Å²) in [5.41, 5.74) is 0.156. The van der Waals surface area contributed by atoms with E-state index in [0.29, 0.717) is 0 Å². The number of carbonyl (C=O) groups excluding carboxylic acids is 2. The molecule has 31 heavy (non-hydrogen) atoms. The lowest BCUT2D eigenvalue weighted by molar-refractivity contribution is -0.142. The number of carbonyl (C=O) groups is 3. The van der Waals surface area contributed by atoms with Gasteiger partial charge in [-0.1, -0.05) is 36.4 Å². The number of aliphatic hydroxyl groups excluding tert-OH is 1. The third kappa shape index (κ3) is 7.94. The van der Waals surface area contributed by atoms with Gasteiger partial charge in [-0.2, -0.15) is 0 Å². The number of carboxylic acid groups (broad SMARTS) is 1. The predicted octanol–water partition coefficient (Wildman–Crippen LogP) is 2.84. The van der Waals surface area contributed by atoms with Gasteiger partial charge >= 0.3 is 18.2 Å². The summed E-state index contributed by atoms with van der Waals surface area (Å²) >= 11 is 0. The molecule has 1 aromatic carbocycles. The zero-order valence-corrected chi connectivity index (χ0v) is 17.4. The number of aromatic nitrogens is 1. The summed E-state index contributed by atoms with van der Waals surface area (Å²) in [6, 6.07) is 9.92. The van der Waals surface area contributed by atoms with Crippen molar-refractivity contribution in [3.05, 3.63) is 59.8 Å². The van der Waals surface area contributed by atoms with Crippen molar-refractivity contribution in [3.8, 4) is 0 Å². The SMILES string of the molecule is CC(C)(C)OC(=O)Nc1ccc([C@H](O)[C@@H](NC(=O)OCc2ccccc2)C(=O)O)cn1. The molecule has 0 bridgehead atoms. The van der Waals surface area contributed by atoms with Crippen LogP contribution in [0, 0.1) is 0 Å². The molecule has 0 radical (unpaired) electrons. The number of nitrogens with one attached hydrogen (secondary N) is 2. The van der Waals surface area contributed by atoms with E-state index in [2.05, 4.69) is 15.6 Å². The van der Waals surface area contributed by atoms with Crippen molar-refractivity contribution >= 4 is 24.0 Å². The van der Waals surface area contributed by atoms with Crippen molar-refractivity contribution in [2.45, 2.75) is 45.1 Å². The van der Waals surface area contributed by atoms with Crippen LogP contribution in [-0.4, -0.2) is 45.0 Å². The zero-order valence-electron chi connectivity index (χ0n) is 17.4. The zero-order chi connectivity index (χ0) is 23.0. The van der Waals surface area contributed by atoms with Gasteiger partial charge in [0.25, 0.3) is 0 Å². The van der Waals surface area contributed by atoms with Crippen molar-refractivity contribution in [3.63, 3.8) is 0 Å². The van der Waals surface area contributed by atoms with Crippen LogP contribution in [0.5, 0.6) is 0 Å². The molecule has 1 heterocycles. The highest BCUT2D eigenvalue weighted by Crippen LogP contribution is 2.19. The minimum absolute atomic E-state index is 0.0539. The van der Waals surface area contributed by atoms with Gasteiger partial charge < -0.3 is 25.0 Å². The van der Waals surface area contributed by atoms with Gasteiger partial charge in [-0.05, 0) is 32.4 Å². The Hall–Kier alpha value is -3.66. The molecule has 0 aliphatic heterocycles. The Kier molecular flexibility index (Phi) is 7.92. The molecule has 4 N–H and O–H groups in total. The van der Waals surface area contributed by atoms with Gasteiger partial charge in [-0.3, -0.25) is 5.32 Å². The number of alkyl carbamates (subject to hydrolysis) is 1. The van der Waals surface area contributed by atoms with Gasteiger partial charge in [0.2, 0.25) is 0 Å². The topological polar surface area (TPSA) is 147 Å². The molecule has 10 heteroatoms. The van der Waals surface area contributed by atoms with Crippen molar-refractivity contribution in [2.24, 2.45) is 0 Å². The van der Waals surface area contributed by atoms with E-state index in [1.807, 2.05) is 6.07 Å². The number of pyridine rings is 1. The van der Waals surface area contributed by atoms with Crippen LogP contribution in [0.1, 0.15) is 38.0 Å². The van der Waals surface area contributed by atoms with Gasteiger partial charge in [-0.15, -0.1) is 0 Å². The summed E-state index contributed by atoms with van der Waals surface area (Å²) in [6.45, 7) is 5.08. The number of hydrogen-bond donors (Lipinski definition) is 4. The first-order chi connectivity index (χ1) is 14.5. The molecular weight excluding hydrogens is 406 g/mol. The molecule has 0 aliphatic carbocycles. The maximum Gasteiger partial charge on any atom is 0.413 e. The Morgan fingerprint density at radius 1 is 1.06 bits per heavy atom. The van der Waals surface area contributed by atoms with Crippen molar-refractivity contribution in [2.75, 3.05) is 5.32 Å². The van der Waals surface area contributed by atoms with Crippen molar-refractivity contribution in [1.82, 2.24) is 10.3 Å². The van der Waals surface area contributed by atoms with E-state index >= 15 is 0 Å². The molecule has 2 amide bonds. The average Bonchev–Trinajstić information content (AvgIpc) is 2.69. The number of nitrogens with zero attached hydrogens (tertiary/aromatic N) is 1. The normalized spacial score (nSPS) is 12.9. The lowest BCUT2D eigenvalue weighted by Crippen LogP contribution is -2.45. The minimum Gasteiger partial charge on any atom is -0.480 e. The monoisotopic (exact) mass is 431 g/mol. The number of carboxylic acids is 1. The van der Waals surface area contributed by atoms with Crippen molar-refractivity contribution < 1.29 is 34.1 Å². The molecule has 0 saturated carbocycles. The first kappa shape index (κ1) is 23.6. The van der Waals surface area contributed by atoms with Gasteiger partial charge in [-0.25, -0.2) is 19.4 Å². The van der Waals surface area contributed by atoms with Gasteiger partial charge in [0.05, 0.1) is 0 Å². The fourth-order valence-corrected chi connectivity index (χ4v) is 2.42. The molecule has 0 saturated heterocycles. The molecule has 0 unspecified atom stereocenters. The quantitative estimate of drug-likeness (QED) is 0.523. The molecule has 2 atom stereocenters. The molecular formula is C21H25N3O7. The lowest BCUT2D eigenvalue weighted by atomic mass is 10.0. The number of benzene rings is 1. The summed E-state index contributed by atoms with van der Waals surface area (Å²) in [6.07, 6.45) is -2.12. The Labute approximate surface area is 179 Å². The largest absolute Gasteiger partial charge is 0.480 e. The smallest absolute Gasteiger partial charge is 0.413 e. The Balaban J connectivity index is 1.97. The second kappa shape index (κ2) is 10.4. The van der Waals surface area contributed by atoms with Crippen LogP contribution >= 0.6 is 0 Å². The van der Waals surface area contributed by atoms with Gasteiger partial charge in [0, 0.05) is 11.8 Å². The Morgan fingerprint density at radius 2 is 1.74 bits per heavy atom. The molecule has 0 spiro atoms. The second-order valence-electron chi connectivity index (χ2n) is 7.57. The average molecular weight is 431 g/mol. The highest BCUT2D eigenvalue weighted by atomic mass is 16.6. The van der Waals surface area contributed by atoms with Crippen molar-refractivity contribution in [1.29, 1.82) is 0 Å². The van der Waals surface area contributed by atoms with Crippen LogP contribution in [0.15, 0.2) is 48.7 Å². The van der Waals surface area contributed by atoms with E-state index < -0.39 is 35.9 Å². The van der Waals surface area contributed by atoms with Crippen LogP contribution in [-0.2, 0) is 20.9 Å². The van der Waals surface area contributed by atoms with Crippen LogP contribution in [0.3, 0.4) is 0 Å². The molecule has 2 aromatic rings. The molecule has 1 aromatic heterocycles. The highest BCUT2D eigenvalue weighted by Gasteiger charge is 2.30. The van der Waals surface area contributed by atoms with E-state index in [0.717, 1.165) is 5.56 Å². The number of hydrogen-bond acceptors (Lipinski definition) is 7. The predicted molar refractivity (Wildman–Crippen MR) is 110 cm³/mol. The standard InChI is InChI=1S/C21H25N3O7/c1-21(2,3)31-20(29)23-15-10-9-14(11-22-15)17(25)16(18(26)27)24-19(28)30-12-13-7-5-4-6-8-13/h4-11,16-17,25H,12H2,1-3H3,(H,24,28)(H,26,27)(H,22,23,29)/t16-,17+/m1/s1. The van der Waals surface area contributed by atoms with Crippen LogP contribution < -0.4 is 10.6 Å². The fourth-order valence-electron chi connectivity index (χ4n) is 2.42. The third-order valence-corrected chi connectivity index (χ3v) is 3.82. The van der Waals surface area contributed by atoms with Crippen LogP contribution in [0.2, 0.25) is 0 Å². The van der Waals surface area contributed by atoms with Crippen LogP contribution in [0.4, 0.5) is 15.4 Å². The Morgan fingerprint density at radius 3 is 2.29 bits per heavy atom. The first-order valence-corrected chi connectivity index (χ1v) is 9.39. The van der Waals surface area contributed by atoms with E-state index in [1.165, 1.54) is 18.3 Å². The molecule has 0 aliphatic rings. The number of rotatable bonds is 7. The maximum absolute atomic E-state index is 12.0. The number of amides is 2. The van der Waals surface area contributed by atoms with Gasteiger partial charge in [0.1, 0.15) is 24.1 Å². The summed E-state index contributed by atoms with van der Waals surface area (Å²) < 4.78 is 10.1. The summed E-state index contributed by atoms with van der Waals surface area (Å²) in [7, 11) is 0. The maximum atomic E-state index is 12.0. The molecule has 166 valence electrons. The molecule has 0 fully saturated rings. The first-order valence-electron chi connectivity index (χ1n) is 9.39. The fraction of sp³-hybridized carbons (Fsp3) is 0.333.